The predicted molar refractivity (Wildman–Crippen MR) is 99.0 cm³/mol. The molecule has 134 valence electrons. The summed E-state index contributed by atoms with van der Waals surface area (Å²) in [4.78, 5) is 14.6. The molecule has 0 amide bonds. The van der Waals surface area contributed by atoms with E-state index in [-0.39, 0.29) is 5.56 Å². The number of halogens is 1. The summed E-state index contributed by atoms with van der Waals surface area (Å²) in [5.41, 5.74) is 1.25. The molecule has 0 atom stereocenters. The summed E-state index contributed by atoms with van der Waals surface area (Å²) < 4.78 is 1.12. The zero-order valence-corrected chi connectivity index (χ0v) is 15.7. The SMILES string of the molecule is CCc1ccc(-c2nc(-c3cc(O)c(O)c([N+](=O)[O-])c3)cs2)c(Br)[n+]1[O-]. The van der Waals surface area contributed by atoms with Gasteiger partial charge in [-0.3, -0.25) is 10.1 Å². The molecule has 26 heavy (non-hydrogen) atoms. The highest BCUT2D eigenvalue weighted by atomic mass is 79.9. The Morgan fingerprint density at radius 1 is 1.35 bits per heavy atom. The van der Waals surface area contributed by atoms with Crippen LogP contribution in [0.5, 0.6) is 11.5 Å². The van der Waals surface area contributed by atoms with Crippen LogP contribution in [0.1, 0.15) is 12.6 Å². The fourth-order valence-corrected chi connectivity index (χ4v) is 3.93. The van der Waals surface area contributed by atoms with Crippen molar-refractivity contribution in [1.29, 1.82) is 0 Å². The van der Waals surface area contributed by atoms with E-state index in [0.717, 1.165) is 10.8 Å². The van der Waals surface area contributed by atoms with Gasteiger partial charge in [-0.15, -0.1) is 11.3 Å². The topological polar surface area (TPSA) is 123 Å². The molecule has 0 spiro atoms. The summed E-state index contributed by atoms with van der Waals surface area (Å²) in [5, 5.41) is 44.7. The van der Waals surface area contributed by atoms with Gasteiger partial charge in [-0.05, 0) is 12.1 Å². The van der Waals surface area contributed by atoms with E-state index in [2.05, 4.69) is 20.9 Å². The van der Waals surface area contributed by atoms with Gasteiger partial charge in [0.1, 0.15) is 5.01 Å². The first-order valence-corrected chi connectivity index (χ1v) is 9.08. The number of phenolic OH excluding ortho intramolecular Hbond substituents is 2. The monoisotopic (exact) mass is 437 g/mol. The van der Waals surface area contributed by atoms with E-state index in [0.29, 0.717) is 33.0 Å². The second-order valence-corrected chi connectivity index (χ2v) is 6.94. The van der Waals surface area contributed by atoms with Crippen LogP contribution in [-0.2, 0) is 6.42 Å². The summed E-state index contributed by atoms with van der Waals surface area (Å²) in [7, 11) is 0. The smallest absolute Gasteiger partial charge is 0.315 e. The first kappa shape index (κ1) is 18.1. The van der Waals surface area contributed by atoms with Crippen molar-refractivity contribution < 1.29 is 19.9 Å². The number of hydrogen-bond donors (Lipinski definition) is 2. The first-order chi connectivity index (χ1) is 12.3. The van der Waals surface area contributed by atoms with Crippen molar-refractivity contribution >= 4 is 33.0 Å². The molecule has 8 nitrogen and oxygen atoms in total. The normalized spacial score (nSPS) is 10.8. The molecule has 0 aliphatic carbocycles. The number of benzene rings is 1. The first-order valence-electron chi connectivity index (χ1n) is 7.41. The number of nitro groups is 1. The molecule has 2 heterocycles. The van der Waals surface area contributed by atoms with Gasteiger partial charge in [0.2, 0.25) is 5.75 Å². The second kappa shape index (κ2) is 6.89. The lowest BCUT2D eigenvalue weighted by molar-refractivity contribution is -0.624. The number of phenols is 2. The van der Waals surface area contributed by atoms with Crippen molar-refractivity contribution in [2.45, 2.75) is 13.3 Å². The molecular weight excluding hydrogens is 426 g/mol. The molecule has 0 bridgehead atoms. The summed E-state index contributed by atoms with van der Waals surface area (Å²) in [6.45, 7) is 1.88. The van der Waals surface area contributed by atoms with Gasteiger partial charge in [0.15, 0.2) is 11.4 Å². The predicted octanol–water partition coefficient (Wildman–Crippen LogP) is 3.75. The van der Waals surface area contributed by atoms with Gasteiger partial charge >= 0.3 is 5.69 Å². The third-order valence-corrected chi connectivity index (χ3v) is 5.39. The van der Waals surface area contributed by atoms with E-state index in [1.54, 1.807) is 17.5 Å². The molecule has 0 fully saturated rings. The number of pyridine rings is 1. The lowest BCUT2D eigenvalue weighted by Crippen LogP contribution is -2.33. The molecule has 10 heteroatoms. The van der Waals surface area contributed by atoms with Crippen LogP contribution in [0, 0.1) is 15.3 Å². The number of hydrogen-bond acceptors (Lipinski definition) is 7. The van der Waals surface area contributed by atoms with Crippen LogP contribution in [0.4, 0.5) is 5.69 Å². The highest BCUT2D eigenvalue weighted by Gasteiger charge is 2.22. The van der Waals surface area contributed by atoms with Crippen molar-refractivity contribution in [3.8, 4) is 33.3 Å². The third-order valence-electron chi connectivity index (χ3n) is 3.76. The highest BCUT2D eigenvalue weighted by molar-refractivity contribution is 9.10. The molecule has 0 saturated carbocycles. The molecule has 2 N–H and O–H groups in total. The maximum Gasteiger partial charge on any atom is 0.315 e. The molecule has 1 aromatic carbocycles. The maximum atomic E-state index is 12.2. The Labute approximate surface area is 159 Å². The third kappa shape index (κ3) is 3.08. The Morgan fingerprint density at radius 2 is 2.08 bits per heavy atom. The van der Waals surface area contributed by atoms with Gasteiger partial charge in [0, 0.05) is 45.4 Å². The number of rotatable bonds is 4. The van der Waals surface area contributed by atoms with E-state index in [1.165, 1.54) is 17.4 Å². The molecule has 3 aromatic rings. The van der Waals surface area contributed by atoms with Crippen molar-refractivity contribution in [2.24, 2.45) is 0 Å². The van der Waals surface area contributed by atoms with Gasteiger partial charge < -0.3 is 15.4 Å². The number of nitro benzene ring substituents is 1. The van der Waals surface area contributed by atoms with Crippen molar-refractivity contribution in [2.75, 3.05) is 0 Å². The molecule has 0 radical (unpaired) electrons. The molecule has 3 rings (SSSR count). The number of aryl methyl sites for hydroxylation is 1. The van der Waals surface area contributed by atoms with E-state index >= 15 is 0 Å². The lowest BCUT2D eigenvalue weighted by atomic mass is 10.1. The summed E-state index contributed by atoms with van der Waals surface area (Å²) in [6, 6.07) is 5.82. The van der Waals surface area contributed by atoms with E-state index < -0.39 is 22.1 Å². The standard InChI is InChI=1S/C16H12BrN3O5S/c1-2-9-3-4-10(15(17)19(9)23)16-18-11(7-26-16)8-5-12(20(24)25)14(22)13(21)6-8/h3-7,21-22H,2H2,1H3. The van der Waals surface area contributed by atoms with Crippen LogP contribution >= 0.6 is 27.3 Å². The Morgan fingerprint density at radius 3 is 2.73 bits per heavy atom. The van der Waals surface area contributed by atoms with Crippen molar-refractivity contribution in [3.63, 3.8) is 0 Å². The molecule has 2 aromatic heterocycles. The second-order valence-electron chi connectivity index (χ2n) is 5.34. The Balaban J connectivity index is 2.07. The van der Waals surface area contributed by atoms with Crippen LogP contribution < -0.4 is 4.73 Å². The van der Waals surface area contributed by atoms with E-state index in [4.69, 9.17) is 0 Å². The average Bonchev–Trinajstić information content (AvgIpc) is 3.09. The largest absolute Gasteiger partial charge is 0.618 e. The van der Waals surface area contributed by atoms with Crippen LogP contribution in [0.25, 0.3) is 21.8 Å². The van der Waals surface area contributed by atoms with Crippen molar-refractivity contribution in [3.05, 3.63) is 55.3 Å². The fraction of sp³-hybridized carbons (Fsp3) is 0.125. The van der Waals surface area contributed by atoms with Crippen LogP contribution in [0.2, 0.25) is 0 Å². The van der Waals surface area contributed by atoms with Gasteiger partial charge in [-0.25, -0.2) is 4.98 Å². The Bertz CT molecular complexity index is 1020. The van der Waals surface area contributed by atoms with Gasteiger partial charge in [0.05, 0.1) is 16.2 Å². The van der Waals surface area contributed by atoms with Crippen LogP contribution in [0.15, 0.2) is 34.2 Å². The molecule has 0 saturated heterocycles. The van der Waals surface area contributed by atoms with E-state index in [1.807, 2.05) is 6.92 Å². The Hall–Kier alpha value is -2.72. The van der Waals surface area contributed by atoms with Crippen molar-refractivity contribution in [1.82, 2.24) is 4.98 Å². The number of aromatic nitrogens is 2. The van der Waals surface area contributed by atoms with Gasteiger partial charge in [0.25, 0.3) is 4.60 Å². The lowest BCUT2D eigenvalue weighted by Gasteiger charge is -2.07. The quantitative estimate of drug-likeness (QED) is 0.160. The number of aromatic hydroxyl groups is 2. The zero-order chi connectivity index (χ0) is 19.0. The van der Waals surface area contributed by atoms with Crippen LogP contribution in [0.3, 0.4) is 0 Å². The molecule has 0 aliphatic heterocycles. The minimum atomic E-state index is -0.792. The maximum absolute atomic E-state index is 12.2. The molecule has 0 aliphatic rings. The summed E-state index contributed by atoms with van der Waals surface area (Å²) in [5.74, 6) is -1.39. The highest BCUT2D eigenvalue weighted by Crippen LogP contribution is 2.40. The molecular formula is C16H12BrN3O5S. The van der Waals surface area contributed by atoms with Gasteiger partial charge in [-0.1, -0.05) is 6.92 Å². The molecule has 0 unspecified atom stereocenters. The van der Waals surface area contributed by atoms with Crippen LogP contribution in [-0.4, -0.2) is 20.1 Å². The zero-order valence-electron chi connectivity index (χ0n) is 13.3. The number of thiazole rings is 1. The fourth-order valence-electron chi connectivity index (χ4n) is 2.39. The Kier molecular flexibility index (Phi) is 4.79. The van der Waals surface area contributed by atoms with Gasteiger partial charge in [-0.2, -0.15) is 4.73 Å². The number of nitrogens with zero attached hydrogens (tertiary/aromatic N) is 3. The summed E-state index contributed by atoms with van der Waals surface area (Å²) in [6.07, 6.45) is 0.585. The minimum Gasteiger partial charge on any atom is -0.618 e. The summed E-state index contributed by atoms with van der Waals surface area (Å²) >= 11 is 4.53. The average molecular weight is 438 g/mol. The minimum absolute atomic E-state index is 0.283. The van der Waals surface area contributed by atoms with E-state index in [9.17, 15) is 25.5 Å².